The van der Waals surface area contributed by atoms with E-state index in [0.717, 1.165) is 0 Å². The average Bonchev–Trinajstić information content (AvgIpc) is 1.90. The molecule has 2 heteroatoms. The van der Waals surface area contributed by atoms with Crippen LogP contribution < -0.4 is 5.73 Å². The highest BCUT2D eigenvalue weighted by Crippen LogP contribution is 2.09. The fraction of sp³-hybridized carbons (Fsp3) is 0. The normalized spacial score (nSPS) is 10.2. The Balaban J connectivity index is 2.88. The van der Waals surface area contributed by atoms with E-state index in [1.165, 1.54) is 0 Å². The second-order valence-corrected chi connectivity index (χ2v) is 1.57. The number of anilines is 1. The van der Waals surface area contributed by atoms with Crippen LogP contribution in [-0.2, 0) is 0 Å². The molecule has 1 aromatic carbocycles. The quantitative estimate of drug-likeness (QED) is 0.418. The van der Waals surface area contributed by atoms with Crippen molar-refractivity contribution >= 4 is 5.69 Å². The maximum absolute atomic E-state index is 6.47. The van der Waals surface area contributed by atoms with E-state index in [1.54, 1.807) is 24.3 Å². The van der Waals surface area contributed by atoms with Crippen LogP contribution >= 0.6 is 0 Å². The third-order valence-corrected chi connectivity index (χ3v) is 0.880. The van der Waals surface area contributed by atoms with Crippen molar-refractivity contribution in [2.24, 2.45) is 0 Å². The molecule has 42 valence electrons. The molecule has 0 radical (unpaired) electrons. The molecule has 8 heavy (non-hydrogen) atoms. The van der Waals surface area contributed by atoms with E-state index >= 15 is 0 Å². The van der Waals surface area contributed by atoms with Gasteiger partial charge in [0.15, 0.2) is 0 Å². The number of benzene rings is 1. The summed E-state index contributed by atoms with van der Waals surface area (Å²) < 4.78 is 6.47. The number of hydrogen-bond donors (Lipinski definition) is 2. The molecule has 1 rings (SSSR count). The zero-order chi connectivity index (χ0) is 6.69. The van der Waals surface area contributed by atoms with Gasteiger partial charge in [-0.1, -0.05) is 0 Å². The summed E-state index contributed by atoms with van der Waals surface area (Å²) in [5.74, 6) is 0.504. The Labute approximate surface area is 49.1 Å². The molecule has 0 atom stereocenters. The molecule has 0 saturated carbocycles. The van der Waals surface area contributed by atoms with E-state index in [0.29, 0.717) is 11.4 Å². The molecule has 0 amide bonds. The van der Waals surface area contributed by atoms with Crippen LogP contribution in [0.5, 0.6) is 5.75 Å². The summed E-state index contributed by atoms with van der Waals surface area (Å²) >= 11 is 0. The molecule has 3 N–H and O–H groups in total. The lowest BCUT2D eigenvalue weighted by molar-refractivity contribution is 0.475. The van der Waals surface area contributed by atoms with Gasteiger partial charge in [-0.15, -0.1) is 0 Å². The molecule has 0 aliphatic rings. The Morgan fingerprint density at radius 2 is 2.00 bits per heavy atom. The molecule has 0 heterocycles. The van der Waals surface area contributed by atoms with Gasteiger partial charge in [-0.05, 0) is 24.3 Å². The van der Waals surface area contributed by atoms with Crippen molar-refractivity contribution < 1.29 is 5.11 Å². The van der Waals surface area contributed by atoms with Gasteiger partial charge < -0.3 is 10.8 Å². The summed E-state index contributed by atoms with van der Waals surface area (Å²) in [6, 6.07) is 6.65. The predicted octanol–water partition coefficient (Wildman–Crippen LogP) is 0.974. The monoisotopic (exact) mass is 110 g/mol. The first kappa shape index (κ1) is 3.78. The first-order valence-electron chi connectivity index (χ1n) is 2.72. The molecule has 0 spiro atoms. The van der Waals surface area contributed by atoms with Gasteiger partial charge in [0.1, 0.15) is 5.75 Å². The highest BCUT2D eigenvalue weighted by atomic mass is 16.3. The molecule has 0 aliphatic carbocycles. The van der Waals surface area contributed by atoms with E-state index in [2.05, 4.69) is 5.11 Å². The van der Waals surface area contributed by atoms with Crippen LogP contribution in [0.25, 0.3) is 0 Å². The zero-order valence-electron chi connectivity index (χ0n) is 5.29. The molecule has 0 unspecified atom stereocenters. The number of phenolic OH excluding ortho intramolecular Hbond substituents is 1. The van der Waals surface area contributed by atoms with Crippen molar-refractivity contribution in [3.63, 3.8) is 0 Å². The van der Waals surface area contributed by atoms with Gasteiger partial charge in [-0.2, -0.15) is 0 Å². The molecule has 0 saturated heterocycles. The number of hydrogen-bond acceptors (Lipinski definition) is 2. The summed E-state index contributed by atoms with van der Waals surface area (Å²) in [6.07, 6.45) is 0. The van der Waals surface area contributed by atoms with E-state index in [-0.39, 0.29) is 0 Å². The summed E-state index contributed by atoms with van der Waals surface area (Å²) in [6.45, 7) is 0. The number of nitrogens with two attached hydrogens (primary N) is 1. The SMILES string of the molecule is [2H]Oc1ccc(N)cc1. The largest absolute Gasteiger partial charge is 0.508 e. The molecular weight excluding hydrogens is 102 g/mol. The van der Waals surface area contributed by atoms with Crippen LogP contribution in [0.2, 0.25) is 0 Å². The van der Waals surface area contributed by atoms with Crippen molar-refractivity contribution in [3.05, 3.63) is 24.3 Å². The van der Waals surface area contributed by atoms with Crippen LogP contribution in [-0.4, -0.2) is 6.54 Å². The maximum Gasteiger partial charge on any atom is 0.293 e. The van der Waals surface area contributed by atoms with Gasteiger partial charge in [0.25, 0.3) is 1.43 Å². The molecule has 0 aromatic heterocycles. The molecule has 0 aliphatic heterocycles. The van der Waals surface area contributed by atoms with Crippen LogP contribution in [0.3, 0.4) is 0 Å². The highest BCUT2D eigenvalue weighted by Gasteiger charge is 1.82. The lowest BCUT2D eigenvalue weighted by Gasteiger charge is -1.89. The first-order valence-corrected chi connectivity index (χ1v) is 2.31. The molecule has 0 bridgehead atoms. The standard InChI is InChI=1S/C6H7NO/c7-5-1-3-6(8)4-2-5/h1-4,8H,7H2/i/hD. The van der Waals surface area contributed by atoms with Crippen LogP contribution in [0.15, 0.2) is 24.3 Å². The highest BCUT2D eigenvalue weighted by molar-refractivity contribution is 5.40. The zero-order valence-corrected chi connectivity index (χ0v) is 4.29. The van der Waals surface area contributed by atoms with E-state index in [4.69, 9.17) is 7.16 Å². The second kappa shape index (κ2) is 1.74. The van der Waals surface area contributed by atoms with Gasteiger partial charge >= 0.3 is 0 Å². The van der Waals surface area contributed by atoms with Gasteiger partial charge in [0.05, 0.1) is 0 Å². The topological polar surface area (TPSA) is 46.2 Å². The third kappa shape index (κ3) is 0.904. The van der Waals surface area contributed by atoms with Crippen molar-refractivity contribution in [3.8, 4) is 5.75 Å². The van der Waals surface area contributed by atoms with Gasteiger partial charge in [-0.3, -0.25) is 0 Å². The van der Waals surface area contributed by atoms with E-state index in [9.17, 15) is 0 Å². The van der Waals surface area contributed by atoms with Crippen molar-refractivity contribution in [1.82, 2.24) is 0 Å². The summed E-state index contributed by atoms with van der Waals surface area (Å²) in [4.78, 5) is 0. The van der Waals surface area contributed by atoms with Crippen LogP contribution in [0, 0.1) is 0 Å². The Bertz CT molecular complexity index is 185. The van der Waals surface area contributed by atoms with Gasteiger partial charge in [0.2, 0.25) is 0 Å². The van der Waals surface area contributed by atoms with E-state index < -0.39 is 0 Å². The third-order valence-electron chi connectivity index (χ3n) is 0.880. The molecule has 0 fully saturated rings. The number of nitrogen functional groups attached to an aromatic ring is 1. The minimum absolute atomic E-state index is 0.504. The maximum atomic E-state index is 6.47. The Hall–Kier alpha value is -1.18. The average molecular weight is 110 g/mol. The number of phenols is 1. The fourth-order valence-corrected chi connectivity index (χ4v) is 0.468. The summed E-state index contributed by atoms with van der Waals surface area (Å²) in [7, 11) is 0. The lowest BCUT2D eigenvalue weighted by atomic mass is 10.3. The first-order chi connectivity index (χ1) is 4.33. The predicted molar refractivity (Wildman–Crippen MR) is 32.5 cm³/mol. The Kier molecular flexibility index (Phi) is 0.821. The molecule has 1 aromatic rings. The van der Waals surface area contributed by atoms with Crippen molar-refractivity contribution in [1.29, 1.82) is 1.43 Å². The molecule has 2 nitrogen and oxygen atoms in total. The minimum atomic E-state index is 0.504. The van der Waals surface area contributed by atoms with Crippen molar-refractivity contribution in [2.75, 3.05) is 5.73 Å². The lowest BCUT2D eigenvalue weighted by Crippen LogP contribution is -1.80. The van der Waals surface area contributed by atoms with Crippen molar-refractivity contribution in [2.45, 2.75) is 0 Å². The Morgan fingerprint density at radius 1 is 1.38 bits per heavy atom. The molecular formula is C6H7NO. The minimum Gasteiger partial charge on any atom is -0.508 e. The van der Waals surface area contributed by atoms with E-state index in [1.807, 2.05) is 0 Å². The Morgan fingerprint density at radius 3 is 2.50 bits per heavy atom. The van der Waals surface area contributed by atoms with Gasteiger partial charge in [-0.25, -0.2) is 0 Å². The van der Waals surface area contributed by atoms with Crippen LogP contribution in [0.4, 0.5) is 5.69 Å². The van der Waals surface area contributed by atoms with Gasteiger partial charge in [0, 0.05) is 5.69 Å². The number of aromatic hydroxyl groups is 1. The smallest absolute Gasteiger partial charge is 0.293 e. The number of rotatable bonds is 1. The summed E-state index contributed by atoms with van der Waals surface area (Å²) in [5.41, 5.74) is 6.04. The van der Waals surface area contributed by atoms with Crippen LogP contribution in [0.1, 0.15) is 0 Å². The summed E-state index contributed by atoms with van der Waals surface area (Å²) in [5, 5.41) is 4.16. The second-order valence-electron chi connectivity index (χ2n) is 1.57. The fourth-order valence-electron chi connectivity index (χ4n) is 0.468.